The van der Waals surface area contributed by atoms with E-state index >= 15 is 0 Å². The summed E-state index contributed by atoms with van der Waals surface area (Å²) in [5, 5.41) is 6.25. The molecule has 0 unspecified atom stereocenters. The predicted molar refractivity (Wildman–Crippen MR) is 91.3 cm³/mol. The lowest BCUT2D eigenvalue weighted by atomic mass is 10.1. The lowest BCUT2D eigenvalue weighted by Crippen LogP contribution is -2.40. The first-order valence-corrected chi connectivity index (χ1v) is 8.06. The van der Waals surface area contributed by atoms with Crippen molar-refractivity contribution in [2.45, 2.75) is 26.7 Å². The number of nitrogens with zero attached hydrogens (tertiary/aromatic N) is 2. The van der Waals surface area contributed by atoms with Gasteiger partial charge < -0.3 is 14.7 Å². The molecule has 2 aromatic rings. The van der Waals surface area contributed by atoms with E-state index in [2.05, 4.69) is 15.0 Å². The molecular formula is C18H23N3O3. The molecule has 0 aliphatic rings. The quantitative estimate of drug-likeness (QED) is 0.808. The molecule has 0 atom stereocenters. The Morgan fingerprint density at radius 1 is 1.21 bits per heavy atom. The van der Waals surface area contributed by atoms with Gasteiger partial charge in [0.2, 0.25) is 11.8 Å². The Bertz CT molecular complexity index is 639. The first-order chi connectivity index (χ1) is 11.5. The molecule has 2 amide bonds. The molecule has 0 saturated heterocycles. The Hall–Kier alpha value is -2.63. The van der Waals surface area contributed by atoms with Gasteiger partial charge in [0.15, 0.2) is 5.82 Å². The van der Waals surface area contributed by atoms with Crippen LogP contribution < -0.4 is 5.32 Å². The van der Waals surface area contributed by atoms with E-state index in [4.69, 9.17) is 0 Å². The van der Waals surface area contributed by atoms with Crippen LogP contribution >= 0.6 is 0 Å². The SMILES string of the molecule is CC(C)CN(CC(=O)Nc1ccon1)C(=O)CCc1ccccc1. The van der Waals surface area contributed by atoms with Gasteiger partial charge in [-0.2, -0.15) is 0 Å². The number of rotatable bonds is 8. The van der Waals surface area contributed by atoms with Crippen molar-refractivity contribution in [2.24, 2.45) is 5.92 Å². The molecule has 0 radical (unpaired) electrons. The van der Waals surface area contributed by atoms with Crippen LogP contribution in [-0.4, -0.2) is 35.0 Å². The second-order valence-electron chi connectivity index (χ2n) is 6.09. The fourth-order valence-electron chi connectivity index (χ4n) is 2.38. The van der Waals surface area contributed by atoms with E-state index in [0.29, 0.717) is 25.2 Å². The molecule has 6 nitrogen and oxygen atoms in total. The molecular weight excluding hydrogens is 306 g/mol. The Morgan fingerprint density at radius 3 is 2.58 bits per heavy atom. The number of hydrogen-bond acceptors (Lipinski definition) is 4. The largest absolute Gasteiger partial charge is 0.363 e. The molecule has 6 heteroatoms. The van der Waals surface area contributed by atoms with E-state index in [-0.39, 0.29) is 24.3 Å². The standard InChI is InChI=1S/C18H23N3O3/c1-14(2)12-21(13-17(22)19-16-10-11-24-20-16)18(23)9-8-15-6-4-3-5-7-15/h3-7,10-11,14H,8-9,12-13H2,1-2H3,(H,19,20,22). The van der Waals surface area contributed by atoms with Gasteiger partial charge in [0.1, 0.15) is 6.26 Å². The summed E-state index contributed by atoms with van der Waals surface area (Å²) >= 11 is 0. The fraction of sp³-hybridized carbons (Fsp3) is 0.389. The van der Waals surface area contributed by atoms with Crippen molar-refractivity contribution >= 4 is 17.6 Å². The van der Waals surface area contributed by atoms with Gasteiger partial charge in [0.25, 0.3) is 0 Å². The van der Waals surface area contributed by atoms with Gasteiger partial charge in [0.05, 0.1) is 6.54 Å². The number of amides is 2. The summed E-state index contributed by atoms with van der Waals surface area (Å²) in [7, 11) is 0. The van der Waals surface area contributed by atoms with Crippen molar-refractivity contribution in [2.75, 3.05) is 18.4 Å². The number of hydrogen-bond donors (Lipinski definition) is 1. The van der Waals surface area contributed by atoms with Crippen LogP contribution in [0.1, 0.15) is 25.8 Å². The van der Waals surface area contributed by atoms with E-state index in [9.17, 15) is 9.59 Å². The van der Waals surface area contributed by atoms with Crippen molar-refractivity contribution in [3.05, 3.63) is 48.2 Å². The van der Waals surface area contributed by atoms with Gasteiger partial charge >= 0.3 is 0 Å². The van der Waals surface area contributed by atoms with Crippen LogP contribution in [0.2, 0.25) is 0 Å². The maximum Gasteiger partial charge on any atom is 0.245 e. The number of anilines is 1. The zero-order valence-electron chi connectivity index (χ0n) is 14.1. The van der Waals surface area contributed by atoms with E-state index in [0.717, 1.165) is 5.56 Å². The average Bonchev–Trinajstić information content (AvgIpc) is 3.05. The highest BCUT2D eigenvalue weighted by Crippen LogP contribution is 2.08. The summed E-state index contributed by atoms with van der Waals surface area (Å²) < 4.78 is 4.67. The van der Waals surface area contributed by atoms with Crippen LogP contribution in [0.25, 0.3) is 0 Å². The van der Waals surface area contributed by atoms with Gasteiger partial charge in [-0.25, -0.2) is 0 Å². The average molecular weight is 329 g/mol. The van der Waals surface area contributed by atoms with Crippen LogP contribution in [0.5, 0.6) is 0 Å². The molecule has 24 heavy (non-hydrogen) atoms. The Kier molecular flexibility index (Phi) is 6.54. The minimum Gasteiger partial charge on any atom is -0.363 e. The molecule has 0 aliphatic heterocycles. The van der Waals surface area contributed by atoms with Gasteiger partial charge in [-0.05, 0) is 17.9 Å². The molecule has 128 valence electrons. The zero-order valence-corrected chi connectivity index (χ0v) is 14.1. The highest BCUT2D eigenvalue weighted by molar-refractivity contribution is 5.93. The predicted octanol–water partition coefficient (Wildman–Crippen LogP) is 2.73. The maximum atomic E-state index is 12.5. The van der Waals surface area contributed by atoms with Gasteiger partial charge in [-0.1, -0.05) is 49.3 Å². The van der Waals surface area contributed by atoms with Crippen LogP contribution in [0.4, 0.5) is 5.82 Å². The third kappa shape index (κ3) is 5.87. The number of carbonyl (C=O) groups is 2. The Morgan fingerprint density at radius 2 is 1.96 bits per heavy atom. The number of carbonyl (C=O) groups excluding carboxylic acids is 2. The molecule has 0 aliphatic carbocycles. The van der Waals surface area contributed by atoms with Crippen molar-refractivity contribution in [3.63, 3.8) is 0 Å². The van der Waals surface area contributed by atoms with Crippen LogP contribution in [0, 0.1) is 5.92 Å². The molecule has 0 saturated carbocycles. The first-order valence-electron chi connectivity index (χ1n) is 8.06. The topological polar surface area (TPSA) is 75.4 Å². The van der Waals surface area contributed by atoms with E-state index in [1.165, 1.54) is 6.26 Å². The van der Waals surface area contributed by atoms with E-state index < -0.39 is 0 Å². The second-order valence-corrected chi connectivity index (χ2v) is 6.09. The molecule has 1 N–H and O–H groups in total. The minimum absolute atomic E-state index is 0.0126. The third-order valence-electron chi connectivity index (χ3n) is 3.45. The summed E-state index contributed by atoms with van der Waals surface area (Å²) in [6, 6.07) is 11.4. The van der Waals surface area contributed by atoms with Crippen molar-refractivity contribution < 1.29 is 14.1 Å². The molecule has 2 rings (SSSR count). The highest BCUT2D eigenvalue weighted by Gasteiger charge is 2.18. The van der Waals surface area contributed by atoms with Crippen molar-refractivity contribution in [3.8, 4) is 0 Å². The van der Waals surface area contributed by atoms with Gasteiger partial charge in [-0.15, -0.1) is 0 Å². The lowest BCUT2D eigenvalue weighted by Gasteiger charge is -2.24. The monoisotopic (exact) mass is 329 g/mol. The number of aryl methyl sites for hydroxylation is 1. The number of aromatic nitrogens is 1. The van der Waals surface area contributed by atoms with Crippen molar-refractivity contribution in [1.29, 1.82) is 0 Å². The molecule has 0 bridgehead atoms. The Labute approximate surface area is 141 Å². The summed E-state index contributed by atoms with van der Waals surface area (Å²) in [5.41, 5.74) is 1.11. The van der Waals surface area contributed by atoms with Gasteiger partial charge in [-0.3, -0.25) is 9.59 Å². The Balaban J connectivity index is 1.90. The lowest BCUT2D eigenvalue weighted by molar-refractivity contribution is -0.135. The normalized spacial score (nSPS) is 10.6. The van der Waals surface area contributed by atoms with Gasteiger partial charge in [0, 0.05) is 19.0 Å². The summed E-state index contributed by atoms with van der Waals surface area (Å²) in [6.07, 6.45) is 2.43. The zero-order chi connectivity index (χ0) is 17.4. The molecule has 1 heterocycles. The van der Waals surface area contributed by atoms with E-state index in [1.54, 1.807) is 11.0 Å². The first kappa shape index (κ1) is 17.7. The smallest absolute Gasteiger partial charge is 0.245 e. The molecule has 1 aromatic carbocycles. The minimum atomic E-state index is -0.280. The molecule has 1 aromatic heterocycles. The summed E-state index contributed by atoms with van der Waals surface area (Å²) in [6.45, 7) is 4.60. The summed E-state index contributed by atoms with van der Waals surface area (Å²) in [4.78, 5) is 26.2. The number of nitrogens with one attached hydrogen (secondary N) is 1. The summed E-state index contributed by atoms with van der Waals surface area (Å²) in [5.74, 6) is 0.326. The fourth-order valence-corrected chi connectivity index (χ4v) is 2.38. The molecule has 0 fully saturated rings. The second kappa shape index (κ2) is 8.86. The molecule has 0 spiro atoms. The van der Waals surface area contributed by atoms with Crippen LogP contribution in [-0.2, 0) is 16.0 Å². The van der Waals surface area contributed by atoms with E-state index in [1.807, 2.05) is 44.2 Å². The number of benzene rings is 1. The highest BCUT2D eigenvalue weighted by atomic mass is 16.5. The third-order valence-corrected chi connectivity index (χ3v) is 3.45. The maximum absolute atomic E-state index is 12.5. The van der Waals surface area contributed by atoms with Crippen molar-refractivity contribution in [1.82, 2.24) is 10.1 Å². The van der Waals surface area contributed by atoms with Crippen LogP contribution in [0.15, 0.2) is 47.2 Å². The van der Waals surface area contributed by atoms with Crippen LogP contribution in [0.3, 0.4) is 0 Å².